The van der Waals surface area contributed by atoms with E-state index in [1.54, 1.807) is 41.0 Å². The van der Waals surface area contributed by atoms with E-state index in [4.69, 9.17) is 32.5 Å². The first kappa shape index (κ1) is 66.4. The van der Waals surface area contributed by atoms with Crippen LogP contribution in [0.25, 0.3) is 0 Å². The van der Waals surface area contributed by atoms with E-state index in [0.717, 1.165) is 29.7 Å². The summed E-state index contributed by atoms with van der Waals surface area (Å²) in [5, 5.41) is 2.34. The Morgan fingerprint density at radius 2 is 1.28 bits per heavy atom. The van der Waals surface area contributed by atoms with Gasteiger partial charge in [0.1, 0.15) is 19.0 Å². The lowest BCUT2D eigenvalue weighted by atomic mass is 9.96. The molecule has 89 heavy (non-hydrogen) atoms. The molecular weight excluding hydrogens is 1160 g/mol. The van der Waals surface area contributed by atoms with Crippen molar-refractivity contribution in [3.8, 4) is 17.2 Å². The van der Waals surface area contributed by atoms with Gasteiger partial charge in [-0.3, -0.25) is 19.2 Å². The van der Waals surface area contributed by atoms with Gasteiger partial charge in [0.15, 0.2) is 46.4 Å². The van der Waals surface area contributed by atoms with Gasteiger partial charge < -0.3 is 47.7 Å². The molecule has 4 aromatic carbocycles. The summed E-state index contributed by atoms with van der Waals surface area (Å²) in [6.07, 6.45) is 1.84. The molecule has 1 N–H and O–H groups in total. The van der Waals surface area contributed by atoms with Gasteiger partial charge >= 0.3 is 12.2 Å². The molecule has 4 aliphatic heterocycles. The number of nitrogens with one attached hydrogen (secondary N) is 1. The second-order valence-corrected chi connectivity index (χ2v) is 37.9. The van der Waals surface area contributed by atoms with Crippen LogP contribution in [0, 0.1) is 24.2 Å². The maximum absolute atomic E-state index is 15.2. The smallest absolute Gasteiger partial charge is 0.416 e. The molecule has 5 aliphatic rings. The largest absolute Gasteiger partial charge is 0.493 e. The minimum Gasteiger partial charge on any atom is -0.493 e. The molecule has 20 heteroatoms. The van der Waals surface area contributed by atoms with Gasteiger partial charge in [0.2, 0.25) is 5.91 Å². The van der Waals surface area contributed by atoms with E-state index in [9.17, 15) is 14.4 Å². The number of para-hydroxylation sites is 1. The number of carbonyl (C=O) groups is 6. The zero-order valence-electron chi connectivity index (χ0n) is 55.1. The fraction of sp³-hybridized carbons (Fsp3) is 0.536. The number of methoxy groups -OCH3 is 1. The fourth-order valence-corrected chi connectivity index (χ4v) is 14.1. The van der Waals surface area contributed by atoms with Gasteiger partial charge in [-0.1, -0.05) is 117 Å². The summed E-state index contributed by atoms with van der Waals surface area (Å²) in [5.74, 6) is 0.123. The highest BCUT2D eigenvalue weighted by atomic mass is 28.4. The quantitative estimate of drug-likeness (QED) is 0.0471. The average Bonchev–Trinajstić information content (AvgIpc) is 1.60. The summed E-state index contributed by atoms with van der Waals surface area (Å²) in [5.41, 5.74) is 4.91. The number of rotatable bonds is 21. The first-order valence-corrected chi connectivity index (χ1v) is 37.3. The minimum absolute atomic E-state index is 0.0379. The summed E-state index contributed by atoms with van der Waals surface area (Å²) in [4.78, 5) is 92.6. The lowest BCUT2D eigenvalue weighted by molar-refractivity contribution is -0.130. The van der Waals surface area contributed by atoms with Gasteiger partial charge in [0.05, 0.1) is 61.0 Å². The Bertz CT molecular complexity index is 3370. The van der Waals surface area contributed by atoms with Crippen LogP contribution in [-0.4, -0.2) is 121 Å². The van der Waals surface area contributed by atoms with E-state index in [-0.39, 0.29) is 106 Å². The number of hydrogen-bond acceptors (Lipinski definition) is 13. The molecule has 1 saturated carbocycles. The van der Waals surface area contributed by atoms with E-state index < -0.39 is 59.4 Å². The Hall–Kier alpha value is -7.01. The lowest BCUT2D eigenvalue weighted by Gasteiger charge is -2.44. The second-order valence-electron chi connectivity index (χ2n) is 28.4. The van der Waals surface area contributed by atoms with Crippen molar-refractivity contribution in [2.75, 3.05) is 48.2 Å². The zero-order valence-corrected chi connectivity index (χ0v) is 57.1. The third-order valence-corrected chi connectivity index (χ3v) is 28.6. The minimum atomic E-state index is -2.67. The molecule has 1 aliphatic carbocycles. The topological polar surface area (TPSA) is 192 Å². The fourth-order valence-electron chi connectivity index (χ4n) is 11.6. The van der Waals surface area contributed by atoms with E-state index >= 15 is 14.4 Å². The number of Topliss-reactive ketones (excluding diaryl/α,β-unsaturated/α-hetero) is 1. The first-order valence-electron chi connectivity index (χ1n) is 31.4. The third kappa shape index (κ3) is 13.7. The van der Waals surface area contributed by atoms with E-state index in [1.165, 1.54) is 18.1 Å². The SMILES string of the molecule is C=CCOC(=O)N1c2cc(OCCCOc3cc4c(cc3C)C(=O)N3CC5(CC5)C[C@H]3C(O[Si](C)(C)C(C)(C)C)N4C(=O)OCc3ccc(CC(=O)[C@H](C)NC(=O)[C@@H](C)C(C)C)cc3)c(OC)cc2C(=O)N2c3ccccc3C[C@H]2C1O[Si](C)(C)C(C)(C)C. The van der Waals surface area contributed by atoms with Gasteiger partial charge in [0, 0.05) is 43.1 Å². The van der Waals surface area contributed by atoms with Gasteiger partial charge in [-0.25, -0.2) is 19.4 Å². The number of benzene rings is 4. The third-order valence-electron chi connectivity index (χ3n) is 19.7. The molecule has 5 amide bonds. The Morgan fingerprint density at radius 3 is 1.87 bits per heavy atom. The van der Waals surface area contributed by atoms with Gasteiger partial charge in [-0.15, -0.1) is 0 Å². The molecule has 0 bridgehead atoms. The molecule has 0 aromatic heterocycles. The summed E-state index contributed by atoms with van der Waals surface area (Å²) in [7, 11) is -3.83. The van der Waals surface area contributed by atoms with Gasteiger partial charge in [-0.2, -0.15) is 0 Å². The molecule has 1 saturated heterocycles. The van der Waals surface area contributed by atoms with Crippen molar-refractivity contribution in [2.45, 2.75) is 188 Å². The molecule has 4 aromatic rings. The van der Waals surface area contributed by atoms with Gasteiger partial charge in [-0.05, 0) is 128 Å². The predicted octanol–water partition coefficient (Wildman–Crippen LogP) is 13.3. The monoisotopic (exact) mass is 1260 g/mol. The van der Waals surface area contributed by atoms with Crippen molar-refractivity contribution >= 4 is 69.4 Å². The number of nitrogens with zero attached hydrogens (tertiary/aromatic N) is 4. The molecule has 1 spiro atoms. The highest BCUT2D eigenvalue weighted by Gasteiger charge is 2.60. The highest BCUT2D eigenvalue weighted by Crippen LogP contribution is 2.58. The highest BCUT2D eigenvalue weighted by molar-refractivity contribution is 6.74. The summed E-state index contributed by atoms with van der Waals surface area (Å²) >= 11 is 0. The number of aryl methyl sites for hydroxylation is 1. The Kier molecular flexibility index (Phi) is 19.2. The maximum atomic E-state index is 15.2. The van der Waals surface area contributed by atoms with Crippen molar-refractivity contribution in [3.05, 3.63) is 119 Å². The number of ether oxygens (including phenoxy) is 5. The van der Waals surface area contributed by atoms with Crippen molar-refractivity contribution < 1.29 is 61.3 Å². The number of fused-ring (bicyclic) bond motifs is 6. The molecule has 18 nitrogen and oxygen atoms in total. The van der Waals surface area contributed by atoms with E-state index in [0.29, 0.717) is 53.9 Å². The molecule has 4 heterocycles. The van der Waals surface area contributed by atoms with Crippen LogP contribution in [0.4, 0.5) is 26.7 Å². The van der Waals surface area contributed by atoms with Crippen molar-refractivity contribution in [3.63, 3.8) is 0 Å². The lowest BCUT2D eigenvalue weighted by Crippen LogP contribution is -2.59. The molecule has 6 atom stereocenters. The summed E-state index contributed by atoms with van der Waals surface area (Å²) in [6.45, 7) is 35.2. The van der Waals surface area contributed by atoms with Crippen LogP contribution in [0.2, 0.25) is 36.3 Å². The van der Waals surface area contributed by atoms with Crippen LogP contribution in [0.5, 0.6) is 17.2 Å². The molecule has 480 valence electrons. The zero-order chi connectivity index (χ0) is 64.9. The molecule has 2 unspecified atom stereocenters. The first-order chi connectivity index (χ1) is 41.8. The summed E-state index contributed by atoms with van der Waals surface area (Å²) in [6, 6.07) is 20.2. The van der Waals surface area contributed by atoms with Crippen LogP contribution in [0.15, 0.2) is 85.5 Å². The van der Waals surface area contributed by atoms with Crippen molar-refractivity contribution in [2.24, 2.45) is 17.3 Å². The van der Waals surface area contributed by atoms with Crippen LogP contribution < -0.4 is 34.2 Å². The van der Waals surface area contributed by atoms with Gasteiger partial charge in [0.25, 0.3) is 11.8 Å². The number of anilines is 3. The predicted molar refractivity (Wildman–Crippen MR) is 349 cm³/mol. The Labute approximate surface area is 528 Å². The van der Waals surface area contributed by atoms with Crippen LogP contribution >= 0.6 is 0 Å². The standard InChI is InChI=1S/C69H93N5O13Si2/c1-18-30-84-65(79)73-53-38-59(58(81-13)36-50(53)62(78)72-51-23-20-19-22-48(51)35-54(72)63(73)86-88(14,15)67(7,8)9)83-32-21-31-82-57-37-52-49(33-43(57)4)61(77)71-41-69(28-29-69)39-55(71)64(87-89(16,17)68(10,11)12)74(52)66(80)85-40-47-26-24-46(25-27-47)34-56(75)45(6)70-60(76)44(5)42(2)3/h18-20,22-27,33,36-38,42,44-45,54-55,63-64H,1,21,28-32,34-35,39-41H2,2-17H3,(H,70,76)/t44-,45-,54-,55-,63?,64?/m0/s1. The Morgan fingerprint density at radius 1 is 0.719 bits per heavy atom. The second kappa shape index (κ2) is 25.7. The van der Waals surface area contributed by atoms with E-state index in [2.05, 4.69) is 79.6 Å². The van der Waals surface area contributed by atoms with Crippen LogP contribution in [-0.2, 0) is 47.4 Å². The number of carbonyl (C=O) groups excluding carboxylic acids is 6. The van der Waals surface area contributed by atoms with Crippen LogP contribution in [0.3, 0.4) is 0 Å². The maximum Gasteiger partial charge on any atom is 0.416 e. The molecule has 0 radical (unpaired) electrons. The number of amides is 5. The summed E-state index contributed by atoms with van der Waals surface area (Å²) < 4.78 is 45.7. The van der Waals surface area contributed by atoms with Crippen LogP contribution in [0.1, 0.15) is 138 Å². The normalized spacial score (nSPS) is 20.1. The van der Waals surface area contributed by atoms with E-state index in [1.807, 2.05) is 81.1 Å². The molecule has 2 fully saturated rings. The number of ketones is 1. The molecule has 9 rings (SSSR count). The number of hydrogen-bond donors (Lipinski definition) is 1. The Balaban J connectivity index is 0.981. The van der Waals surface area contributed by atoms with Crippen molar-refractivity contribution in [1.29, 1.82) is 0 Å². The molecular formula is C69H93N5O13Si2. The average molecular weight is 1260 g/mol. The van der Waals surface area contributed by atoms with Crippen molar-refractivity contribution in [1.82, 2.24) is 10.2 Å².